The molecule has 2 nitrogen and oxygen atoms in total. The highest BCUT2D eigenvalue weighted by atomic mass is 16.3. The molecule has 126 valence electrons. The number of carboxylic acid groups (broad SMARTS) is 1. The van der Waals surface area contributed by atoms with Crippen LogP contribution in [0.4, 0.5) is 0 Å². The van der Waals surface area contributed by atoms with Crippen LogP contribution in [-0.2, 0) is 4.79 Å². The van der Waals surface area contributed by atoms with Gasteiger partial charge in [-0.3, -0.25) is 4.79 Å². The second kappa shape index (κ2) is 11.8. The van der Waals surface area contributed by atoms with Gasteiger partial charge in [-0.05, 0) is 50.4 Å². The number of hydrogen-bond acceptors (Lipinski definition) is 1. The maximum Gasteiger partial charge on any atom is 0.290 e. The van der Waals surface area contributed by atoms with Crippen LogP contribution in [0.1, 0.15) is 87.5 Å². The largest absolute Gasteiger partial charge is 0.483 e. The fourth-order valence-electron chi connectivity index (χ4n) is 3.92. The van der Waals surface area contributed by atoms with Crippen molar-refractivity contribution in [1.29, 1.82) is 0 Å². The summed E-state index contributed by atoms with van der Waals surface area (Å²) in [7, 11) is 0. The lowest BCUT2D eigenvalue weighted by Crippen LogP contribution is -2.39. The summed E-state index contributed by atoms with van der Waals surface area (Å²) in [6.07, 6.45) is 7.15. The quantitative estimate of drug-likeness (QED) is 0.420. The average Bonchev–Trinajstić information content (AvgIpc) is 2.49. The van der Waals surface area contributed by atoms with Crippen molar-refractivity contribution in [1.82, 2.24) is 0 Å². The van der Waals surface area contributed by atoms with Gasteiger partial charge in [-0.25, -0.2) is 0 Å². The zero-order valence-corrected chi connectivity index (χ0v) is 15.6. The van der Waals surface area contributed by atoms with Crippen molar-refractivity contribution in [2.75, 3.05) is 0 Å². The van der Waals surface area contributed by atoms with Crippen LogP contribution in [0.5, 0.6) is 0 Å². The summed E-state index contributed by atoms with van der Waals surface area (Å²) < 4.78 is 0. The normalized spacial score (nSPS) is 30.3. The first kappa shape index (κ1) is 22.5. The molecule has 0 spiro atoms. The molecule has 3 atom stereocenters. The summed E-state index contributed by atoms with van der Waals surface area (Å²) in [5, 5.41) is 6.89. The molecule has 1 N–H and O–H groups in total. The van der Waals surface area contributed by atoms with Gasteiger partial charge in [-0.15, -0.1) is 0 Å². The van der Waals surface area contributed by atoms with Crippen molar-refractivity contribution in [3.05, 3.63) is 11.1 Å². The fraction of sp³-hybridized carbons (Fsp3) is 0.842. The Hall–Kier alpha value is -0.790. The maximum atomic E-state index is 8.36. The third kappa shape index (κ3) is 5.84. The van der Waals surface area contributed by atoms with E-state index in [9.17, 15) is 0 Å². The third-order valence-electron chi connectivity index (χ3n) is 5.19. The summed E-state index contributed by atoms with van der Waals surface area (Å²) in [5.74, 6) is 1.93. The highest BCUT2D eigenvalue weighted by Crippen LogP contribution is 2.54. The first-order chi connectivity index (χ1) is 9.97. The van der Waals surface area contributed by atoms with E-state index >= 15 is 0 Å². The lowest BCUT2D eigenvalue weighted by atomic mass is 9.55. The Morgan fingerprint density at radius 3 is 2.10 bits per heavy atom. The molecule has 0 amide bonds. The summed E-state index contributed by atoms with van der Waals surface area (Å²) in [5.41, 5.74) is 3.96. The van der Waals surface area contributed by atoms with Crippen LogP contribution >= 0.6 is 0 Å². The highest BCUT2D eigenvalue weighted by Gasteiger charge is 2.43. The summed E-state index contributed by atoms with van der Waals surface area (Å²) >= 11 is 0. The Morgan fingerprint density at radius 2 is 1.62 bits per heavy atom. The first-order valence-electron chi connectivity index (χ1n) is 8.72. The maximum absolute atomic E-state index is 8.36. The highest BCUT2D eigenvalue weighted by molar-refractivity contribution is 5.32. The van der Waals surface area contributed by atoms with Gasteiger partial charge in [0.2, 0.25) is 0 Å². The lowest BCUT2D eigenvalue weighted by molar-refractivity contribution is -0.122. The molecule has 0 aromatic carbocycles. The van der Waals surface area contributed by atoms with E-state index in [1.807, 2.05) is 27.7 Å². The second-order valence-corrected chi connectivity index (χ2v) is 5.94. The number of allylic oxidation sites excluding steroid dienone is 2. The Bertz CT molecular complexity index is 307. The second-order valence-electron chi connectivity index (χ2n) is 5.94. The molecule has 2 aliphatic carbocycles. The van der Waals surface area contributed by atoms with Gasteiger partial charge in [0, 0.05) is 0 Å². The monoisotopic (exact) mass is 298 g/mol. The zero-order valence-electron chi connectivity index (χ0n) is 15.6. The first-order valence-corrected chi connectivity index (χ1v) is 8.72. The minimum atomic E-state index is -0.250. The van der Waals surface area contributed by atoms with Crippen molar-refractivity contribution in [3.63, 3.8) is 0 Å². The molecule has 0 aromatic rings. The zero-order chi connectivity index (χ0) is 17.1. The minimum absolute atomic E-state index is 0.250. The number of carbonyl (C=O) groups is 1. The standard InChI is InChI=1S/C14H24.2C2H6.CH2O2/c1-10-7-8-13-11(2)6-5-9-14(13,4)12(10)3;2*1-2;2-1-3/h11,13H,5-9H2,1-4H3;2*1-2H3;1H,(H,2,3). The molecule has 0 bridgehead atoms. The van der Waals surface area contributed by atoms with E-state index in [4.69, 9.17) is 9.90 Å². The molecule has 0 radical (unpaired) electrons. The van der Waals surface area contributed by atoms with Gasteiger partial charge in [-0.2, -0.15) is 0 Å². The van der Waals surface area contributed by atoms with Crippen LogP contribution < -0.4 is 0 Å². The predicted molar refractivity (Wildman–Crippen MR) is 93.6 cm³/mol. The van der Waals surface area contributed by atoms with E-state index in [1.54, 1.807) is 11.1 Å². The van der Waals surface area contributed by atoms with Crippen LogP contribution in [0, 0.1) is 17.3 Å². The molecule has 0 heterocycles. The van der Waals surface area contributed by atoms with E-state index in [1.165, 1.54) is 32.1 Å². The number of hydrogen-bond donors (Lipinski definition) is 1. The fourth-order valence-corrected chi connectivity index (χ4v) is 3.92. The van der Waals surface area contributed by atoms with Crippen LogP contribution in [-0.4, -0.2) is 11.6 Å². The van der Waals surface area contributed by atoms with Crippen LogP contribution in [0.15, 0.2) is 11.1 Å². The summed E-state index contributed by atoms with van der Waals surface area (Å²) in [6.45, 7) is 17.5. The molecule has 2 aliphatic rings. The minimum Gasteiger partial charge on any atom is -0.483 e. The van der Waals surface area contributed by atoms with Crippen LogP contribution in [0.3, 0.4) is 0 Å². The van der Waals surface area contributed by atoms with E-state index in [0.717, 1.165) is 11.8 Å². The SMILES string of the molecule is CC.CC.CC1=C(C)C2(C)CCCC(C)C2CC1.O=CO. The van der Waals surface area contributed by atoms with Gasteiger partial charge >= 0.3 is 0 Å². The number of rotatable bonds is 0. The topological polar surface area (TPSA) is 37.3 Å². The van der Waals surface area contributed by atoms with Gasteiger partial charge in [0.25, 0.3) is 6.47 Å². The van der Waals surface area contributed by atoms with E-state index < -0.39 is 0 Å². The van der Waals surface area contributed by atoms with E-state index in [0.29, 0.717) is 5.41 Å². The van der Waals surface area contributed by atoms with Gasteiger partial charge in [0.1, 0.15) is 0 Å². The molecule has 0 aliphatic heterocycles. The molecule has 0 aromatic heterocycles. The summed E-state index contributed by atoms with van der Waals surface area (Å²) in [6, 6.07) is 0. The molecular weight excluding hydrogens is 260 g/mol. The van der Waals surface area contributed by atoms with Crippen LogP contribution in [0.2, 0.25) is 0 Å². The molecule has 1 fully saturated rings. The Balaban J connectivity index is 0. The van der Waals surface area contributed by atoms with E-state index in [2.05, 4.69) is 27.7 Å². The molecule has 2 heteroatoms. The Kier molecular flexibility index (Phi) is 12.7. The Morgan fingerprint density at radius 1 is 1.14 bits per heavy atom. The van der Waals surface area contributed by atoms with Gasteiger partial charge in [0.05, 0.1) is 0 Å². The van der Waals surface area contributed by atoms with Gasteiger partial charge < -0.3 is 5.11 Å². The molecule has 3 unspecified atom stereocenters. The molecule has 2 rings (SSSR count). The molecule has 0 saturated heterocycles. The lowest BCUT2D eigenvalue weighted by Gasteiger charge is -2.49. The molecule has 21 heavy (non-hydrogen) atoms. The summed E-state index contributed by atoms with van der Waals surface area (Å²) in [4.78, 5) is 8.36. The average molecular weight is 299 g/mol. The van der Waals surface area contributed by atoms with Gasteiger partial charge in [-0.1, -0.05) is 65.5 Å². The predicted octanol–water partition coefficient (Wildman–Crippen LogP) is 6.31. The van der Waals surface area contributed by atoms with Crippen molar-refractivity contribution < 1.29 is 9.90 Å². The smallest absolute Gasteiger partial charge is 0.290 e. The van der Waals surface area contributed by atoms with Crippen molar-refractivity contribution in [2.45, 2.75) is 87.5 Å². The van der Waals surface area contributed by atoms with E-state index in [-0.39, 0.29) is 6.47 Å². The molecular formula is C19H38O2. The van der Waals surface area contributed by atoms with Gasteiger partial charge in [0.15, 0.2) is 0 Å². The molecule has 1 saturated carbocycles. The van der Waals surface area contributed by atoms with Crippen molar-refractivity contribution in [3.8, 4) is 0 Å². The van der Waals surface area contributed by atoms with Crippen molar-refractivity contribution in [2.24, 2.45) is 17.3 Å². The van der Waals surface area contributed by atoms with Crippen molar-refractivity contribution >= 4 is 6.47 Å². The number of fused-ring (bicyclic) bond motifs is 1. The van der Waals surface area contributed by atoms with Crippen LogP contribution in [0.25, 0.3) is 0 Å². The Labute approximate surface area is 133 Å². The third-order valence-corrected chi connectivity index (χ3v) is 5.19.